The van der Waals surface area contributed by atoms with Gasteiger partial charge in [0.25, 0.3) is 5.91 Å². The third-order valence-corrected chi connectivity index (χ3v) is 4.69. The van der Waals surface area contributed by atoms with Gasteiger partial charge in [-0.05, 0) is 36.6 Å². The van der Waals surface area contributed by atoms with Crippen LogP contribution in [0.15, 0.2) is 54.6 Å². The van der Waals surface area contributed by atoms with Crippen molar-refractivity contribution in [2.75, 3.05) is 18.0 Å². The summed E-state index contributed by atoms with van der Waals surface area (Å²) in [7, 11) is 0. The zero-order valence-electron chi connectivity index (χ0n) is 15.5. The first-order valence-electron chi connectivity index (χ1n) is 9.04. The summed E-state index contributed by atoms with van der Waals surface area (Å²) in [5.74, 6) is -0.738. The van der Waals surface area contributed by atoms with Crippen LogP contribution in [0.1, 0.15) is 31.0 Å². The fourth-order valence-electron chi connectivity index (χ4n) is 3.06. The number of urea groups is 1. The Morgan fingerprint density at radius 1 is 1.07 bits per heavy atom. The molecule has 1 N–H and O–H groups in total. The molecule has 6 heteroatoms. The molecule has 0 spiro atoms. The van der Waals surface area contributed by atoms with Crippen molar-refractivity contribution in [2.24, 2.45) is 0 Å². The number of carbonyl (C=O) groups excluding carboxylic acids is 3. The van der Waals surface area contributed by atoms with Gasteiger partial charge in [-0.15, -0.1) is 0 Å². The highest BCUT2D eigenvalue weighted by atomic mass is 16.2. The number of hydrogen-bond acceptors (Lipinski definition) is 3. The average Bonchev–Trinajstić information content (AvgIpc) is 2.97. The molecule has 0 saturated carbocycles. The van der Waals surface area contributed by atoms with Gasteiger partial charge >= 0.3 is 6.03 Å². The summed E-state index contributed by atoms with van der Waals surface area (Å²) in [6, 6.07) is 16.3. The maximum absolute atomic E-state index is 12.5. The summed E-state index contributed by atoms with van der Waals surface area (Å²) in [4.78, 5) is 39.5. The first-order valence-corrected chi connectivity index (χ1v) is 9.04. The van der Waals surface area contributed by atoms with E-state index in [4.69, 9.17) is 0 Å². The molecule has 1 aliphatic rings. The maximum atomic E-state index is 12.5. The molecule has 1 unspecified atom stereocenters. The van der Waals surface area contributed by atoms with Crippen LogP contribution in [0.4, 0.5) is 10.5 Å². The van der Waals surface area contributed by atoms with E-state index in [1.807, 2.05) is 37.3 Å². The monoisotopic (exact) mass is 365 g/mol. The van der Waals surface area contributed by atoms with Crippen LogP contribution in [0.5, 0.6) is 0 Å². The number of carbonyl (C=O) groups is 3. The minimum Gasteiger partial charge on any atom is -0.348 e. The van der Waals surface area contributed by atoms with E-state index in [2.05, 4.69) is 12.2 Å². The van der Waals surface area contributed by atoms with Gasteiger partial charge in [0.2, 0.25) is 5.91 Å². The molecule has 140 valence electrons. The largest absolute Gasteiger partial charge is 0.348 e. The summed E-state index contributed by atoms with van der Waals surface area (Å²) in [5.41, 5.74) is 2.85. The number of aryl methyl sites for hydroxylation is 1. The maximum Gasteiger partial charge on any atom is 0.332 e. The zero-order valence-corrected chi connectivity index (χ0v) is 15.5. The first kappa shape index (κ1) is 18.6. The molecule has 1 aliphatic heterocycles. The molecule has 27 heavy (non-hydrogen) atoms. The quantitative estimate of drug-likeness (QED) is 0.800. The summed E-state index contributed by atoms with van der Waals surface area (Å²) in [5, 5.41) is 2.85. The Morgan fingerprint density at radius 3 is 2.37 bits per heavy atom. The van der Waals surface area contributed by atoms with E-state index < -0.39 is 6.03 Å². The second-order valence-electron chi connectivity index (χ2n) is 6.57. The predicted molar refractivity (Wildman–Crippen MR) is 103 cm³/mol. The molecule has 3 rings (SSSR count). The van der Waals surface area contributed by atoms with E-state index >= 15 is 0 Å². The van der Waals surface area contributed by atoms with E-state index in [9.17, 15) is 14.4 Å². The van der Waals surface area contributed by atoms with Crippen LogP contribution in [-0.2, 0) is 16.0 Å². The van der Waals surface area contributed by atoms with Crippen LogP contribution in [0.3, 0.4) is 0 Å². The lowest BCUT2D eigenvalue weighted by atomic mass is 10.1. The molecule has 1 heterocycles. The highest BCUT2D eigenvalue weighted by Gasteiger charge is 2.37. The molecule has 4 amide bonds. The lowest BCUT2D eigenvalue weighted by Crippen LogP contribution is -2.42. The van der Waals surface area contributed by atoms with Crippen molar-refractivity contribution in [1.29, 1.82) is 0 Å². The standard InChI is InChI=1S/C21H23N3O3/c1-3-16-9-11-17(12-10-16)15(2)22-19(25)13-24-20(26)14-23(21(24)27)18-7-5-4-6-8-18/h4-12,15H,3,13-14H2,1-2H3,(H,22,25). The number of anilines is 1. The number of amides is 4. The third kappa shape index (κ3) is 4.16. The van der Waals surface area contributed by atoms with E-state index in [-0.39, 0.29) is 30.9 Å². The van der Waals surface area contributed by atoms with E-state index in [1.165, 1.54) is 10.5 Å². The zero-order chi connectivity index (χ0) is 19.4. The number of benzene rings is 2. The molecule has 1 saturated heterocycles. The van der Waals surface area contributed by atoms with Gasteiger partial charge in [0.1, 0.15) is 13.1 Å². The van der Waals surface area contributed by atoms with Crippen molar-refractivity contribution in [3.8, 4) is 0 Å². The molecule has 2 aromatic rings. The average molecular weight is 365 g/mol. The molecule has 0 bridgehead atoms. The lowest BCUT2D eigenvalue weighted by Gasteiger charge is -2.19. The normalized spacial score (nSPS) is 15.2. The number of para-hydroxylation sites is 1. The predicted octanol–water partition coefficient (Wildman–Crippen LogP) is 2.90. The van der Waals surface area contributed by atoms with Crippen molar-refractivity contribution >= 4 is 23.5 Å². The van der Waals surface area contributed by atoms with Gasteiger partial charge in [-0.1, -0.05) is 49.4 Å². The van der Waals surface area contributed by atoms with Crippen LogP contribution >= 0.6 is 0 Å². The van der Waals surface area contributed by atoms with Crippen LogP contribution in [0.25, 0.3) is 0 Å². The van der Waals surface area contributed by atoms with E-state index in [0.29, 0.717) is 5.69 Å². The van der Waals surface area contributed by atoms with Gasteiger partial charge in [-0.2, -0.15) is 0 Å². The van der Waals surface area contributed by atoms with Crippen LogP contribution < -0.4 is 10.2 Å². The summed E-state index contributed by atoms with van der Waals surface area (Å²) in [6.07, 6.45) is 0.956. The highest BCUT2D eigenvalue weighted by molar-refractivity contribution is 6.13. The van der Waals surface area contributed by atoms with Gasteiger partial charge < -0.3 is 5.32 Å². The first-order chi connectivity index (χ1) is 13.0. The lowest BCUT2D eigenvalue weighted by molar-refractivity contribution is -0.130. The van der Waals surface area contributed by atoms with Crippen molar-refractivity contribution in [1.82, 2.24) is 10.2 Å². The number of hydrogen-bond donors (Lipinski definition) is 1. The summed E-state index contributed by atoms with van der Waals surface area (Å²) in [6.45, 7) is 3.63. The number of rotatable bonds is 6. The van der Waals surface area contributed by atoms with Crippen LogP contribution in [0, 0.1) is 0 Å². The Morgan fingerprint density at radius 2 is 1.74 bits per heavy atom. The van der Waals surface area contributed by atoms with Gasteiger partial charge in [0, 0.05) is 5.69 Å². The second-order valence-corrected chi connectivity index (χ2v) is 6.57. The fraction of sp³-hybridized carbons (Fsp3) is 0.286. The van der Waals surface area contributed by atoms with Crippen molar-refractivity contribution in [2.45, 2.75) is 26.3 Å². The Bertz CT molecular complexity index is 834. The molecular weight excluding hydrogens is 342 g/mol. The highest BCUT2D eigenvalue weighted by Crippen LogP contribution is 2.20. The SMILES string of the molecule is CCc1ccc(C(C)NC(=O)CN2C(=O)CN(c3ccccc3)C2=O)cc1. The topological polar surface area (TPSA) is 69.7 Å². The Labute approximate surface area is 158 Å². The second kappa shape index (κ2) is 8.03. The molecule has 2 aromatic carbocycles. The molecule has 0 radical (unpaired) electrons. The minimum atomic E-state index is -0.471. The van der Waals surface area contributed by atoms with Crippen LogP contribution in [-0.4, -0.2) is 35.8 Å². The van der Waals surface area contributed by atoms with Crippen molar-refractivity contribution in [3.63, 3.8) is 0 Å². The summed E-state index contributed by atoms with van der Waals surface area (Å²) < 4.78 is 0. The van der Waals surface area contributed by atoms with Gasteiger partial charge in [-0.25, -0.2) is 4.79 Å². The molecule has 6 nitrogen and oxygen atoms in total. The van der Waals surface area contributed by atoms with E-state index in [0.717, 1.165) is 16.9 Å². The minimum absolute atomic E-state index is 0.0514. The molecular formula is C21H23N3O3. The van der Waals surface area contributed by atoms with Gasteiger partial charge in [0.05, 0.1) is 6.04 Å². The van der Waals surface area contributed by atoms with Crippen LogP contribution in [0.2, 0.25) is 0 Å². The fourth-order valence-corrected chi connectivity index (χ4v) is 3.06. The Balaban J connectivity index is 1.61. The van der Waals surface area contributed by atoms with E-state index in [1.54, 1.807) is 24.3 Å². The smallest absolute Gasteiger partial charge is 0.332 e. The number of nitrogens with one attached hydrogen (secondary N) is 1. The third-order valence-electron chi connectivity index (χ3n) is 4.69. The Kier molecular flexibility index (Phi) is 5.54. The molecule has 0 aliphatic carbocycles. The number of imide groups is 1. The summed E-state index contributed by atoms with van der Waals surface area (Å²) >= 11 is 0. The van der Waals surface area contributed by atoms with Crippen molar-refractivity contribution in [3.05, 3.63) is 65.7 Å². The molecule has 0 aromatic heterocycles. The number of nitrogens with zero attached hydrogens (tertiary/aromatic N) is 2. The molecule has 1 fully saturated rings. The van der Waals surface area contributed by atoms with Gasteiger partial charge in [-0.3, -0.25) is 19.4 Å². The van der Waals surface area contributed by atoms with Gasteiger partial charge in [0.15, 0.2) is 0 Å². The molecule has 1 atom stereocenters. The van der Waals surface area contributed by atoms with Crippen molar-refractivity contribution < 1.29 is 14.4 Å². The Hall–Kier alpha value is -3.15.